The van der Waals surface area contributed by atoms with Crippen molar-refractivity contribution in [2.45, 2.75) is 96.8 Å². The normalized spacial score (nSPS) is 17.1. The van der Waals surface area contributed by atoms with E-state index in [-0.39, 0.29) is 0 Å². The van der Waals surface area contributed by atoms with Gasteiger partial charge in [0.05, 0.1) is 0 Å². The van der Waals surface area contributed by atoms with E-state index >= 15 is 0 Å². The fourth-order valence-electron chi connectivity index (χ4n) is 2.37. The second-order valence-electron chi connectivity index (χ2n) is 8.83. The Morgan fingerprint density at radius 3 is 0.612 bits per heavy atom. The summed E-state index contributed by atoms with van der Waals surface area (Å²) in [6.45, 7) is -1.59. The average Bonchev–Trinajstić information content (AvgIpc) is 2.79. The summed E-state index contributed by atoms with van der Waals surface area (Å²) in [5, 5.41) is 0. The van der Waals surface area contributed by atoms with E-state index in [0.717, 1.165) is 9.47 Å². The molecule has 0 N–H and O–H groups in total. The van der Waals surface area contributed by atoms with Crippen LogP contribution in [0.2, 0.25) is 0 Å². The third-order valence-corrected chi connectivity index (χ3v) is 5.25. The Morgan fingerprint density at radius 1 is 0.224 bits per heavy atom. The Hall–Kier alpha value is -2.25. The summed E-state index contributed by atoms with van der Waals surface area (Å²) >= 11 is 0. The van der Waals surface area contributed by atoms with Crippen molar-refractivity contribution in [1.82, 2.24) is 0 Å². The summed E-state index contributed by atoms with van der Waals surface area (Å²) in [6.07, 6.45) is -42.9. The van der Waals surface area contributed by atoms with Gasteiger partial charge in [-0.25, -0.2) is 9.47 Å². The van der Waals surface area contributed by atoms with Gasteiger partial charge < -0.3 is 0 Å². The van der Waals surface area contributed by atoms with Gasteiger partial charge >= 0.3 is 89.8 Å². The first-order chi connectivity index (χ1) is 20.4. The molecule has 0 saturated carbocycles. The molecule has 0 unspecified atom stereocenters. The summed E-state index contributed by atoms with van der Waals surface area (Å²) in [7, 11) is 0. The van der Waals surface area contributed by atoms with E-state index in [1.165, 1.54) is 0 Å². The maximum atomic E-state index is 13.6. The van der Waals surface area contributed by atoms with Crippen molar-refractivity contribution in [3.8, 4) is 0 Å². The highest BCUT2D eigenvalue weighted by Gasteiger charge is 2.97. The summed E-state index contributed by atoms with van der Waals surface area (Å²) in [6, 6.07) is 0. The van der Waals surface area contributed by atoms with Crippen molar-refractivity contribution < 1.29 is 146 Å². The van der Waals surface area contributed by atoms with Crippen LogP contribution in [-0.4, -0.2) is 89.8 Å². The molecule has 0 aromatic heterocycles. The van der Waals surface area contributed by atoms with Crippen LogP contribution in [0.3, 0.4) is 0 Å². The Kier molecular flexibility index (Phi) is 10.9. The van der Waals surface area contributed by atoms with Crippen LogP contribution in [-0.2, 0) is 9.47 Å². The number of hydrogen-bond acceptors (Lipinski definition) is 2. The molecule has 0 fully saturated rings. The van der Waals surface area contributed by atoms with E-state index in [1.54, 1.807) is 0 Å². The first kappa shape index (κ1) is 46.8. The van der Waals surface area contributed by atoms with Crippen LogP contribution in [0.5, 0.6) is 0 Å². The second-order valence-corrected chi connectivity index (χ2v) is 8.83. The van der Waals surface area contributed by atoms with E-state index in [4.69, 9.17) is 0 Å². The predicted molar refractivity (Wildman–Crippen MR) is 83.2 cm³/mol. The first-order valence-electron chi connectivity index (χ1n) is 10.2. The molecule has 0 aromatic carbocycles. The number of hydrogen-bond donors (Lipinski definition) is 0. The zero-order valence-corrected chi connectivity index (χ0v) is 21.0. The number of rotatable bonds is 15. The topological polar surface area (TPSA) is 18.5 Å². The highest BCUT2D eigenvalue weighted by molar-refractivity contribution is 5.16. The van der Waals surface area contributed by atoms with E-state index in [0.29, 0.717) is 0 Å². The molecule has 0 rings (SSSR count). The number of ether oxygens (including phenoxy) is 2. The fraction of sp³-hybridized carbons (Fsp3) is 1.00. The van der Waals surface area contributed by atoms with Crippen LogP contribution in [0.1, 0.15) is 6.92 Å². The zero-order valence-electron chi connectivity index (χ0n) is 21.0. The summed E-state index contributed by atoms with van der Waals surface area (Å²) in [5.74, 6) is -88.2. The van der Waals surface area contributed by atoms with Crippen LogP contribution < -0.4 is 0 Å². The molecule has 33 heteroatoms. The molecule has 2 nitrogen and oxygen atoms in total. The molecular weight excluding hydrogens is 813 g/mol. The second kappa shape index (κ2) is 11.4. The molecule has 0 atom stereocenters. The smallest absolute Gasteiger partial charge is 0.243 e. The zero-order chi connectivity index (χ0) is 40.9. The van der Waals surface area contributed by atoms with Crippen LogP contribution in [0.15, 0.2) is 0 Å². The Balaban J connectivity index is 7.06. The molecule has 0 spiro atoms. The van der Waals surface area contributed by atoms with Crippen LogP contribution in [0.4, 0.5) is 136 Å². The fourth-order valence-corrected chi connectivity index (χ4v) is 2.37. The molecule has 49 heavy (non-hydrogen) atoms. The van der Waals surface area contributed by atoms with Gasteiger partial charge in [0.25, 0.3) is 0 Å². The molecule has 296 valence electrons. The van der Waals surface area contributed by atoms with Crippen molar-refractivity contribution in [3.05, 3.63) is 0 Å². The molecule has 0 amide bonds. The van der Waals surface area contributed by atoms with E-state index in [2.05, 4.69) is 0 Å². The molecule has 0 bridgehead atoms. The number of halogens is 31. The van der Waals surface area contributed by atoms with Gasteiger partial charge in [0.15, 0.2) is 0 Å². The Morgan fingerprint density at radius 2 is 0.408 bits per heavy atom. The SMILES string of the molecule is CC(F)(F)C(F)(F)C(F)(F)C(F)(F)C(F)(F)C(F)(F)C(F)(F)C(F)(F)C(F)(F)OC(F)(F)C(F)(F)OC(F)(F)C(F)(F)C(F)(F)C(F)(F)F. The third kappa shape index (κ3) is 6.32. The maximum absolute atomic E-state index is 13.6. The standard InChI is InChI=1S/C16H3F31O2/c1-2(17,18)3(19,20)4(21,22)5(23,24)6(25,26)7(27,28)8(29,30)10(33,34)13(40,41)48-15(44,45)16(46,47)49-14(42,43)11(35,36)9(31,32)12(37,38)39/h1H3. The summed E-state index contributed by atoms with van der Waals surface area (Å²) in [5.41, 5.74) is 0. The van der Waals surface area contributed by atoms with Crippen LogP contribution in [0.25, 0.3) is 0 Å². The minimum absolute atomic E-state index is 0.720. The van der Waals surface area contributed by atoms with Gasteiger partial charge in [-0.15, -0.1) is 0 Å². The van der Waals surface area contributed by atoms with E-state index in [1.807, 2.05) is 0 Å². The van der Waals surface area contributed by atoms with Crippen molar-refractivity contribution in [2.75, 3.05) is 0 Å². The van der Waals surface area contributed by atoms with Gasteiger partial charge in [-0.05, 0) is 0 Å². The van der Waals surface area contributed by atoms with Crippen LogP contribution in [0, 0.1) is 0 Å². The number of alkyl halides is 31. The quantitative estimate of drug-likeness (QED) is 0.153. The molecule has 0 radical (unpaired) electrons. The molecule has 0 aromatic rings. The Labute approximate surface area is 244 Å². The molecule has 0 aliphatic carbocycles. The van der Waals surface area contributed by atoms with Crippen molar-refractivity contribution in [3.63, 3.8) is 0 Å². The molecule has 0 aliphatic rings. The van der Waals surface area contributed by atoms with Gasteiger partial charge in [-0.3, -0.25) is 0 Å². The first-order valence-corrected chi connectivity index (χ1v) is 10.2. The van der Waals surface area contributed by atoms with E-state index in [9.17, 15) is 136 Å². The summed E-state index contributed by atoms with van der Waals surface area (Å²) < 4.78 is 408. The maximum Gasteiger partial charge on any atom is 0.460 e. The Bertz CT molecular complexity index is 1180. The van der Waals surface area contributed by atoms with Gasteiger partial charge in [-0.2, -0.15) is 136 Å². The van der Waals surface area contributed by atoms with Crippen LogP contribution >= 0.6 is 0 Å². The van der Waals surface area contributed by atoms with E-state index < -0.39 is 96.8 Å². The monoisotopic (exact) mass is 816 g/mol. The highest BCUT2D eigenvalue weighted by Crippen LogP contribution is 2.66. The minimum atomic E-state index is -9.63. The minimum Gasteiger partial charge on any atom is -0.243 e. The van der Waals surface area contributed by atoms with Gasteiger partial charge in [-0.1, -0.05) is 0 Å². The van der Waals surface area contributed by atoms with Gasteiger partial charge in [0.1, 0.15) is 0 Å². The lowest BCUT2D eigenvalue weighted by molar-refractivity contribution is -0.560. The third-order valence-electron chi connectivity index (χ3n) is 5.25. The molecule has 0 aliphatic heterocycles. The summed E-state index contributed by atoms with van der Waals surface area (Å²) in [4.78, 5) is 0. The lowest BCUT2D eigenvalue weighted by Gasteiger charge is -2.44. The molecule has 0 saturated heterocycles. The lowest BCUT2D eigenvalue weighted by Crippen LogP contribution is -2.76. The van der Waals surface area contributed by atoms with Crippen molar-refractivity contribution >= 4 is 0 Å². The molecular formula is C16H3F31O2. The predicted octanol–water partition coefficient (Wildman–Crippen LogP) is 10.3. The largest absolute Gasteiger partial charge is 0.460 e. The lowest BCUT2D eigenvalue weighted by atomic mass is 9.87. The highest BCUT2D eigenvalue weighted by atomic mass is 19.4. The average molecular weight is 816 g/mol. The van der Waals surface area contributed by atoms with Gasteiger partial charge in [0, 0.05) is 6.92 Å². The van der Waals surface area contributed by atoms with Crippen molar-refractivity contribution in [1.29, 1.82) is 0 Å². The van der Waals surface area contributed by atoms with Gasteiger partial charge in [0.2, 0.25) is 0 Å². The van der Waals surface area contributed by atoms with Crippen molar-refractivity contribution in [2.24, 2.45) is 0 Å². The molecule has 0 heterocycles.